The van der Waals surface area contributed by atoms with E-state index in [1.54, 1.807) is 12.1 Å². The third-order valence-corrected chi connectivity index (χ3v) is 2.85. The molecular weight excluding hydrogens is 295 g/mol. The molecular formula is C14H15F5O2. The van der Waals surface area contributed by atoms with Crippen molar-refractivity contribution < 1.29 is 31.5 Å². The molecule has 0 unspecified atom stereocenters. The number of carbonyl (C=O) groups is 1. The molecule has 21 heavy (non-hydrogen) atoms. The fraction of sp³-hybridized carbons (Fsp3) is 0.500. The molecule has 0 aliphatic rings. The van der Waals surface area contributed by atoms with Gasteiger partial charge in [-0.3, -0.25) is 4.79 Å². The highest BCUT2D eigenvalue weighted by molar-refractivity contribution is 5.86. The van der Waals surface area contributed by atoms with Crippen LogP contribution in [0.5, 0.6) is 5.75 Å². The highest BCUT2D eigenvalue weighted by Crippen LogP contribution is 2.37. The average Bonchev–Trinajstić information content (AvgIpc) is 2.42. The Morgan fingerprint density at radius 3 is 2.14 bits per heavy atom. The lowest BCUT2D eigenvalue weighted by Gasteiger charge is -2.17. The number of ketones is 1. The minimum absolute atomic E-state index is 0.106. The molecule has 0 atom stereocenters. The number of benzene rings is 1. The maximum Gasteiger partial charge on any atom is 0.461 e. The van der Waals surface area contributed by atoms with Gasteiger partial charge >= 0.3 is 12.1 Å². The molecule has 0 N–H and O–H groups in total. The zero-order valence-electron chi connectivity index (χ0n) is 11.3. The molecule has 0 aromatic heterocycles. The lowest BCUT2D eigenvalue weighted by molar-refractivity contribution is -0.268. The topological polar surface area (TPSA) is 26.3 Å². The summed E-state index contributed by atoms with van der Waals surface area (Å²) >= 11 is 0. The van der Waals surface area contributed by atoms with Crippen LogP contribution >= 0.6 is 0 Å². The van der Waals surface area contributed by atoms with Crippen LogP contribution in [-0.4, -0.2) is 24.5 Å². The van der Waals surface area contributed by atoms with Gasteiger partial charge in [0.1, 0.15) is 5.75 Å². The van der Waals surface area contributed by atoms with Crippen LogP contribution in [0, 0.1) is 0 Å². The Bertz CT molecular complexity index is 465. The molecule has 0 fully saturated rings. The molecule has 0 spiro atoms. The second-order valence-corrected chi connectivity index (χ2v) is 4.44. The first-order chi connectivity index (χ1) is 9.68. The van der Waals surface area contributed by atoms with Crippen molar-refractivity contribution in [2.75, 3.05) is 6.61 Å². The normalized spacial score (nSPS) is 12.3. The second kappa shape index (κ2) is 6.87. The van der Waals surface area contributed by atoms with Gasteiger partial charge in [-0.1, -0.05) is 19.1 Å². The average molecular weight is 310 g/mol. The van der Waals surface area contributed by atoms with Crippen LogP contribution in [0.15, 0.2) is 24.3 Å². The predicted octanol–water partition coefficient (Wildman–Crippen LogP) is 4.17. The lowest BCUT2D eigenvalue weighted by atomic mass is 10.1. The van der Waals surface area contributed by atoms with E-state index in [1.165, 1.54) is 0 Å². The van der Waals surface area contributed by atoms with E-state index >= 15 is 0 Å². The summed E-state index contributed by atoms with van der Waals surface area (Å²) in [4.78, 5) is 10.9. The Hall–Kier alpha value is -1.66. The van der Waals surface area contributed by atoms with Crippen molar-refractivity contribution in [2.45, 2.75) is 38.3 Å². The monoisotopic (exact) mass is 310 g/mol. The molecule has 0 amide bonds. The van der Waals surface area contributed by atoms with Crippen molar-refractivity contribution in [1.29, 1.82) is 0 Å². The maximum absolute atomic E-state index is 12.6. The van der Waals surface area contributed by atoms with Crippen LogP contribution in [0.4, 0.5) is 22.0 Å². The van der Waals surface area contributed by atoms with Crippen molar-refractivity contribution in [3.8, 4) is 5.75 Å². The molecule has 0 aliphatic heterocycles. The first-order valence-corrected chi connectivity index (χ1v) is 6.38. The van der Waals surface area contributed by atoms with Gasteiger partial charge in [0, 0.05) is 6.42 Å². The Balaban J connectivity index is 2.38. The van der Waals surface area contributed by atoms with Crippen molar-refractivity contribution in [3.05, 3.63) is 29.8 Å². The predicted molar refractivity (Wildman–Crippen MR) is 66.6 cm³/mol. The van der Waals surface area contributed by atoms with Gasteiger partial charge < -0.3 is 4.74 Å². The fourth-order valence-electron chi connectivity index (χ4n) is 1.56. The van der Waals surface area contributed by atoms with Crippen LogP contribution in [0.25, 0.3) is 0 Å². The molecule has 7 heteroatoms. The minimum atomic E-state index is -5.85. The van der Waals surface area contributed by atoms with Gasteiger partial charge in [0.25, 0.3) is 0 Å². The van der Waals surface area contributed by atoms with Gasteiger partial charge in [0.05, 0.1) is 6.61 Å². The highest BCUT2D eigenvalue weighted by Gasteiger charge is 2.62. The number of Topliss-reactive ketones (excluding diaryl/α,β-unsaturated/α-hetero) is 1. The third-order valence-electron chi connectivity index (χ3n) is 2.85. The smallest absolute Gasteiger partial charge is 0.461 e. The summed E-state index contributed by atoms with van der Waals surface area (Å²) in [6.45, 7) is 1.87. The van der Waals surface area contributed by atoms with E-state index < -0.39 is 24.3 Å². The van der Waals surface area contributed by atoms with Crippen LogP contribution in [0.1, 0.15) is 25.3 Å². The standard InChI is InChI=1S/C14H15F5O2/c1-2-10-5-7-11(8-6-10)21-9-3-4-12(20)13(15,16)14(17,18)19/h5-8H,2-4,9H2,1H3. The first kappa shape index (κ1) is 17.4. The molecule has 1 aromatic carbocycles. The van der Waals surface area contributed by atoms with Crippen LogP contribution in [-0.2, 0) is 11.2 Å². The van der Waals surface area contributed by atoms with E-state index in [-0.39, 0.29) is 13.0 Å². The Morgan fingerprint density at radius 2 is 1.67 bits per heavy atom. The van der Waals surface area contributed by atoms with Crippen LogP contribution in [0.3, 0.4) is 0 Å². The zero-order chi connectivity index (χ0) is 16.1. The van der Waals surface area contributed by atoms with E-state index in [0.29, 0.717) is 5.75 Å². The van der Waals surface area contributed by atoms with E-state index in [4.69, 9.17) is 4.74 Å². The molecule has 1 rings (SSSR count). The maximum atomic E-state index is 12.6. The summed E-state index contributed by atoms with van der Waals surface area (Å²) in [5.74, 6) is -6.96. The van der Waals surface area contributed by atoms with Gasteiger partial charge in [-0.15, -0.1) is 0 Å². The SMILES string of the molecule is CCc1ccc(OCCCC(=O)C(F)(F)C(F)(F)F)cc1. The van der Waals surface area contributed by atoms with Crippen molar-refractivity contribution >= 4 is 5.78 Å². The highest BCUT2D eigenvalue weighted by atomic mass is 19.4. The van der Waals surface area contributed by atoms with Gasteiger partial charge in [0.15, 0.2) is 0 Å². The molecule has 0 saturated carbocycles. The van der Waals surface area contributed by atoms with Gasteiger partial charge in [-0.05, 0) is 30.5 Å². The van der Waals surface area contributed by atoms with Gasteiger partial charge in [-0.25, -0.2) is 0 Å². The lowest BCUT2D eigenvalue weighted by Crippen LogP contribution is -2.44. The molecule has 0 bridgehead atoms. The number of carbonyl (C=O) groups excluding carboxylic acids is 1. The molecule has 0 heterocycles. The summed E-state index contributed by atoms with van der Waals surface area (Å²) in [6.07, 6.45) is -6.10. The first-order valence-electron chi connectivity index (χ1n) is 6.38. The summed E-state index contributed by atoms with van der Waals surface area (Å²) in [5, 5.41) is 0. The number of ether oxygens (including phenoxy) is 1. The Morgan fingerprint density at radius 1 is 1.10 bits per heavy atom. The number of alkyl halides is 5. The molecule has 1 aromatic rings. The van der Waals surface area contributed by atoms with Gasteiger partial charge in [0.2, 0.25) is 5.78 Å². The molecule has 0 aliphatic carbocycles. The van der Waals surface area contributed by atoms with Crippen LogP contribution < -0.4 is 4.74 Å². The van der Waals surface area contributed by atoms with E-state index in [9.17, 15) is 26.7 Å². The number of hydrogen-bond acceptors (Lipinski definition) is 2. The third kappa shape index (κ3) is 4.68. The van der Waals surface area contributed by atoms with Gasteiger partial charge in [-0.2, -0.15) is 22.0 Å². The van der Waals surface area contributed by atoms with E-state index in [2.05, 4.69) is 0 Å². The summed E-state index contributed by atoms with van der Waals surface area (Å²) in [7, 11) is 0. The fourth-order valence-corrected chi connectivity index (χ4v) is 1.56. The second-order valence-electron chi connectivity index (χ2n) is 4.44. The molecule has 118 valence electrons. The van der Waals surface area contributed by atoms with E-state index in [0.717, 1.165) is 12.0 Å². The quantitative estimate of drug-likeness (QED) is 0.558. The summed E-state index contributed by atoms with van der Waals surface area (Å²) < 4.78 is 66.2. The molecule has 0 saturated heterocycles. The summed E-state index contributed by atoms with van der Waals surface area (Å²) in [6, 6.07) is 6.98. The number of hydrogen-bond donors (Lipinski definition) is 0. The Labute approximate surface area is 118 Å². The number of halogens is 5. The molecule has 0 radical (unpaired) electrons. The summed E-state index contributed by atoms with van der Waals surface area (Å²) in [5.41, 5.74) is 1.09. The molecule has 2 nitrogen and oxygen atoms in total. The minimum Gasteiger partial charge on any atom is -0.494 e. The van der Waals surface area contributed by atoms with Crippen molar-refractivity contribution in [2.24, 2.45) is 0 Å². The largest absolute Gasteiger partial charge is 0.494 e. The van der Waals surface area contributed by atoms with Crippen molar-refractivity contribution in [3.63, 3.8) is 0 Å². The van der Waals surface area contributed by atoms with Crippen LogP contribution in [0.2, 0.25) is 0 Å². The van der Waals surface area contributed by atoms with E-state index in [1.807, 2.05) is 19.1 Å². The Kier molecular flexibility index (Phi) is 5.69. The zero-order valence-corrected chi connectivity index (χ0v) is 11.3. The number of rotatable bonds is 7. The van der Waals surface area contributed by atoms with Crippen molar-refractivity contribution in [1.82, 2.24) is 0 Å². The number of aryl methyl sites for hydroxylation is 1.